The van der Waals surface area contributed by atoms with Crippen molar-refractivity contribution in [2.24, 2.45) is 0 Å². The van der Waals surface area contributed by atoms with Crippen molar-refractivity contribution in [1.82, 2.24) is 0 Å². The molecule has 0 heterocycles. The number of hydrogen-bond donors (Lipinski definition) is 0. The summed E-state index contributed by atoms with van der Waals surface area (Å²) in [4.78, 5) is 20.4. The molecular weight excluding hydrogens is 204 g/mol. The molecule has 0 saturated heterocycles. The fraction of sp³-hybridized carbons (Fsp3) is 0.462. The van der Waals surface area contributed by atoms with E-state index in [9.17, 15) is 4.79 Å². The summed E-state index contributed by atoms with van der Waals surface area (Å²) in [7, 11) is 0. The van der Waals surface area contributed by atoms with Crippen molar-refractivity contribution in [2.45, 2.75) is 33.6 Å². The Bertz CT molecular complexity index is 358. The van der Waals surface area contributed by atoms with Gasteiger partial charge in [-0.25, -0.2) is 4.79 Å². The first-order chi connectivity index (χ1) is 7.67. The zero-order valence-corrected chi connectivity index (χ0v) is 10.1. The Morgan fingerprint density at radius 1 is 1.31 bits per heavy atom. The number of hydrogen-bond acceptors (Lipinski definition) is 3. The maximum atomic E-state index is 11.3. The Labute approximate surface area is 96.3 Å². The fourth-order valence-corrected chi connectivity index (χ4v) is 1.59. The molecule has 0 bridgehead atoms. The molecule has 0 saturated carbocycles. The van der Waals surface area contributed by atoms with Crippen molar-refractivity contribution in [2.75, 3.05) is 6.61 Å². The number of benzene rings is 1. The highest BCUT2D eigenvalue weighted by Crippen LogP contribution is 2.12. The molecule has 0 fully saturated rings. The van der Waals surface area contributed by atoms with Gasteiger partial charge in [-0.05, 0) is 37.0 Å². The minimum absolute atomic E-state index is 0.255. The Balaban J connectivity index is 2.61. The quantitative estimate of drug-likeness (QED) is 0.567. The van der Waals surface area contributed by atoms with Crippen molar-refractivity contribution < 1.29 is 14.6 Å². The fourth-order valence-electron chi connectivity index (χ4n) is 1.59. The molecule has 0 atom stereocenters. The van der Waals surface area contributed by atoms with Crippen LogP contribution in [0.2, 0.25) is 0 Å². The molecular formula is C13H18O3. The van der Waals surface area contributed by atoms with Crippen molar-refractivity contribution in [3.8, 4) is 0 Å². The molecule has 0 spiro atoms. The van der Waals surface area contributed by atoms with Gasteiger partial charge in [0.15, 0.2) is 0 Å². The van der Waals surface area contributed by atoms with Crippen molar-refractivity contribution in [3.63, 3.8) is 0 Å². The molecule has 0 amide bonds. The first-order valence-corrected chi connectivity index (χ1v) is 5.58. The summed E-state index contributed by atoms with van der Waals surface area (Å²) in [6.07, 6.45) is 1.26. The number of rotatable bonds is 5. The summed E-state index contributed by atoms with van der Waals surface area (Å²) < 4.78 is 0. The van der Waals surface area contributed by atoms with Crippen LogP contribution in [0.4, 0.5) is 0 Å². The lowest BCUT2D eigenvalue weighted by atomic mass is 10.0. The van der Waals surface area contributed by atoms with Crippen molar-refractivity contribution in [3.05, 3.63) is 34.9 Å². The van der Waals surface area contributed by atoms with E-state index in [-0.39, 0.29) is 12.4 Å². The predicted octanol–water partition coefficient (Wildman–Crippen LogP) is 2.59. The number of carbonyl (C=O) groups is 1. The molecule has 0 aliphatic rings. The summed E-state index contributed by atoms with van der Waals surface area (Å²) >= 11 is 0. The van der Waals surface area contributed by atoms with E-state index in [0.29, 0.717) is 6.61 Å². The minimum Gasteiger partial charge on any atom is -0.298 e. The molecule has 3 heteroatoms. The molecule has 0 aromatic heterocycles. The largest absolute Gasteiger partial charge is 0.346 e. The third kappa shape index (κ3) is 3.66. The zero-order chi connectivity index (χ0) is 12.0. The van der Waals surface area contributed by atoms with Gasteiger partial charge >= 0.3 is 5.97 Å². The molecule has 0 N–H and O–H groups in total. The van der Waals surface area contributed by atoms with E-state index in [1.165, 1.54) is 11.1 Å². The third-order valence-corrected chi connectivity index (χ3v) is 2.41. The number of carbonyl (C=O) groups excluding carboxylic acids is 1. The van der Waals surface area contributed by atoms with Gasteiger partial charge in [0.05, 0.1) is 13.0 Å². The second-order valence-corrected chi connectivity index (χ2v) is 3.65. The lowest BCUT2D eigenvalue weighted by Gasteiger charge is -2.06. The SMILES string of the molecule is CCOOC(=O)Cc1ccc(CC)c(C)c1. The smallest absolute Gasteiger partial charge is 0.298 e. The van der Waals surface area contributed by atoms with Gasteiger partial charge in [-0.2, -0.15) is 4.89 Å². The van der Waals surface area contributed by atoms with E-state index in [1.54, 1.807) is 6.92 Å². The summed E-state index contributed by atoms with van der Waals surface area (Å²) in [5.74, 6) is -0.356. The van der Waals surface area contributed by atoms with Gasteiger partial charge in [0.25, 0.3) is 0 Å². The standard InChI is InChI=1S/C13H18O3/c1-4-12-7-6-11(8-10(12)3)9-13(14)16-15-5-2/h6-8H,4-5,9H2,1-3H3. The topological polar surface area (TPSA) is 35.5 Å². The maximum absolute atomic E-state index is 11.3. The second-order valence-electron chi connectivity index (χ2n) is 3.65. The van der Waals surface area contributed by atoms with Crippen LogP contribution in [0, 0.1) is 6.92 Å². The maximum Gasteiger partial charge on any atom is 0.346 e. The Morgan fingerprint density at radius 3 is 2.62 bits per heavy atom. The lowest BCUT2D eigenvalue weighted by Crippen LogP contribution is -2.08. The third-order valence-electron chi connectivity index (χ3n) is 2.41. The second kappa shape index (κ2) is 6.28. The highest BCUT2D eigenvalue weighted by Gasteiger charge is 2.06. The molecule has 1 rings (SSSR count). The summed E-state index contributed by atoms with van der Waals surface area (Å²) in [6.45, 7) is 6.31. The van der Waals surface area contributed by atoms with Crippen LogP contribution in [0.1, 0.15) is 30.5 Å². The zero-order valence-electron chi connectivity index (χ0n) is 10.1. The van der Waals surface area contributed by atoms with E-state index >= 15 is 0 Å². The average molecular weight is 222 g/mol. The molecule has 0 aliphatic heterocycles. The molecule has 0 unspecified atom stereocenters. The van der Waals surface area contributed by atoms with Crippen LogP contribution in [0.5, 0.6) is 0 Å². The van der Waals surface area contributed by atoms with Crippen molar-refractivity contribution >= 4 is 5.97 Å². The van der Waals surface area contributed by atoms with E-state index in [1.807, 2.05) is 12.1 Å². The highest BCUT2D eigenvalue weighted by molar-refractivity contribution is 5.72. The van der Waals surface area contributed by atoms with Gasteiger partial charge < -0.3 is 0 Å². The van der Waals surface area contributed by atoms with Gasteiger partial charge in [-0.1, -0.05) is 25.1 Å². The van der Waals surface area contributed by atoms with Gasteiger partial charge in [-0.3, -0.25) is 4.89 Å². The van der Waals surface area contributed by atoms with Gasteiger partial charge in [0.2, 0.25) is 0 Å². The van der Waals surface area contributed by atoms with Crippen LogP contribution in [0.3, 0.4) is 0 Å². The van der Waals surface area contributed by atoms with Gasteiger partial charge in [0, 0.05) is 0 Å². The Morgan fingerprint density at radius 2 is 2.06 bits per heavy atom. The van der Waals surface area contributed by atoms with Crippen LogP contribution in [-0.2, 0) is 27.4 Å². The van der Waals surface area contributed by atoms with E-state index in [0.717, 1.165) is 12.0 Å². The van der Waals surface area contributed by atoms with Crippen LogP contribution in [0.15, 0.2) is 18.2 Å². The monoisotopic (exact) mass is 222 g/mol. The van der Waals surface area contributed by atoms with E-state index in [2.05, 4.69) is 29.7 Å². The molecule has 16 heavy (non-hydrogen) atoms. The van der Waals surface area contributed by atoms with Crippen molar-refractivity contribution in [1.29, 1.82) is 0 Å². The Hall–Kier alpha value is -1.35. The van der Waals surface area contributed by atoms with Crippen LogP contribution in [-0.4, -0.2) is 12.6 Å². The molecule has 1 aromatic carbocycles. The first-order valence-electron chi connectivity index (χ1n) is 5.58. The highest BCUT2D eigenvalue weighted by atomic mass is 17.2. The van der Waals surface area contributed by atoms with E-state index < -0.39 is 0 Å². The summed E-state index contributed by atoms with van der Waals surface area (Å²) in [5, 5.41) is 0. The van der Waals surface area contributed by atoms with Crippen LogP contribution in [0.25, 0.3) is 0 Å². The average Bonchev–Trinajstić information content (AvgIpc) is 2.26. The van der Waals surface area contributed by atoms with Crippen LogP contribution < -0.4 is 0 Å². The molecule has 3 nitrogen and oxygen atoms in total. The summed E-state index contributed by atoms with van der Waals surface area (Å²) in [5.41, 5.74) is 3.48. The minimum atomic E-state index is -0.356. The normalized spacial score (nSPS) is 10.2. The Kier molecular flexibility index (Phi) is 4.99. The van der Waals surface area contributed by atoms with Gasteiger partial charge in [0.1, 0.15) is 0 Å². The predicted molar refractivity (Wildman–Crippen MR) is 62.0 cm³/mol. The molecule has 0 aliphatic carbocycles. The van der Waals surface area contributed by atoms with E-state index in [4.69, 9.17) is 0 Å². The summed E-state index contributed by atoms with van der Waals surface area (Å²) in [6, 6.07) is 6.03. The molecule has 88 valence electrons. The molecule has 1 aromatic rings. The number of aryl methyl sites for hydroxylation is 2. The van der Waals surface area contributed by atoms with Gasteiger partial charge in [-0.15, -0.1) is 0 Å². The van der Waals surface area contributed by atoms with Crippen LogP contribution >= 0.6 is 0 Å². The first kappa shape index (κ1) is 12.7. The lowest BCUT2D eigenvalue weighted by molar-refractivity contribution is -0.268. The molecule has 0 radical (unpaired) electrons.